The summed E-state index contributed by atoms with van der Waals surface area (Å²) in [5.41, 5.74) is 4.43. The lowest BCUT2D eigenvalue weighted by molar-refractivity contribution is -0.199. The second-order valence-corrected chi connectivity index (χ2v) is 18.1. The highest BCUT2D eigenvalue weighted by Crippen LogP contribution is 2.59. The standard InChI is InChI=1S/C44H44ClN7O7/c1-43(2)41(44(3,4)42(43)59-29-7-5-24(19-46)33(45)18-29)51-22-27-15-28(6-8-30(27)38(51)56)49-13-11-48(12-14-49)23-36(54)50-20-25-16-31-32(17-26(25)21-50)40(58)52(39(31)57)34-9-10-35(53)47-37(34)55/h5-8,15-18,34,41-42H,9-14,20-23H2,1-4H3,(H,47,53,55). The fourth-order valence-electron chi connectivity index (χ4n) is 10.7. The number of carbonyl (C=O) groups is 6. The molecule has 3 aromatic rings. The maximum absolute atomic E-state index is 13.9. The first kappa shape index (κ1) is 38.7. The van der Waals surface area contributed by atoms with Gasteiger partial charge in [0.25, 0.3) is 17.7 Å². The molecule has 1 atom stereocenters. The van der Waals surface area contributed by atoms with E-state index in [9.17, 15) is 34.0 Å². The third-order valence-corrected chi connectivity index (χ3v) is 13.6. The number of ether oxygens (including phenoxy) is 1. The molecule has 0 aromatic heterocycles. The van der Waals surface area contributed by atoms with Gasteiger partial charge in [-0.15, -0.1) is 0 Å². The lowest BCUT2D eigenvalue weighted by Gasteiger charge is -2.65. The number of halogens is 1. The van der Waals surface area contributed by atoms with Gasteiger partial charge < -0.3 is 19.4 Å². The zero-order valence-electron chi connectivity index (χ0n) is 33.3. The second kappa shape index (κ2) is 13.9. The topological polar surface area (TPSA) is 164 Å². The first-order valence-electron chi connectivity index (χ1n) is 20.0. The van der Waals surface area contributed by atoms with Gasteiger partial charge in [-0.2, -0.15) is 5.26 Å². The van der Waals surface area contributed by atoms with E-state index in [0.29, 0.717) is 67.7 Å². The number of amides is 6. The van der Waals surface area contributed by atoms with Gasteiger partial charge in [0.05, 0.1) is 28.3 Å². The molecule has 3 fully saturated rings. The number of benzene rings is 3. The predicted octanol–water partition coefficient (Wildman–Crippen LogP) is 4.12. The van der Waals surface area contributed by atoms with Gasteiger partial charge in [0, 0.05) is 86.4 Å². The Balaban J connectivity index is 0.793. The Hall–Kier alpha value is -5.78. The minimum absolute atomic E-state index is 0.0157. The minimum atomic E-state index is -1.03. The van der Waals surface area contributed by atoms with Crippen LogP contribution in [0.4, 0.5) is 5.69 Å². The van der Waals surface area contributed by atoms with E-state index in [4.69, 9.17) is 16.3 Å². The van der Waals surface area contributed by atoms with E-state index in [0.717, 1.165) is 27.3 Å². The zero-order chi connectivity index (χ0) is 41.7. The quantitative estimate of drug-likeness (QED) is 0.344. The van der Waals surface area contributed by atoms with Crippen molar-refractivity contribution in [1.82, 2.24) is 24.9 Å². The van der Waals surface area contributed by atoms with Crippen LogP contribution in [-0.2, 0) is 34.0 Å². The van der Waals surface area contributed by atoms with E-state index in [1.54, 1.807) is 35.2 Å². The molecule has 5 heterocycles. The molecule has 59 heavy (non-hydrogen) atoms. The van der Waals surface area contributed by atoms with Gasteiger partial charge in [-0.05, 0) is 65.6 Å². The van der Waals surface area contributed by atoms with Crippen molar-refractivity contribution in [1.29, 1.82) is 5.26 Å². The van der Waals surface area contributed by atoms with Gasteiger partial charge in [-0.1, -0.05) is 39.3 Å². The van der Waals surface area contributed by atoms with Gasteiger partial charge in [0.15, 0.2) is 0 Å². The monoisotopic (exact) mass is 817 g/mol. The summed E-state index contributed by atoms with van der Waals surface area (Å²) >= 11 is 6.29. The van der Waals surface area contributed by atoms with E-state index in [-0.39, 0.29) is 65.3 Å². The summed E-state index contributed by atoms with van der Waals surface area (Å²) < 4.78 is 6.48. The Bertz CT molecular complexity index is 2370. The number of anilines is 1. The normalized spacial score (nSPS) is 24.4. The fourth-order valence-corrected chi connectivity index (χ4v) is 11.0. The van der Waals surface area contributed by atoms with Crippen LogP contribution in [0.15, 0.2) is 48.5 Å². The molecule has 0 radical (unpaired) electrons. The smallest absolute Gasteiger partial charge is 0.262 e. The molecule has 0 spiro atoms. The first-order valence-corrected chi connectivity index (χ1v) is 20.4. The van der Waals surface area contributed by atoms with E-state index < -0.39 is 29.7 Å². The fraction of sp³-hybridized carbons (Fsp3) is 0.432. The highest BCUT2D eigenvalue weighted by molar-refractivity contribution is 6.31. The molecule has 2 saturated heterocycles. The van der Waals surface area contributed by atoms with Gasteiger partial charge in [-0.3, -0.25) is 43.9 Å². The molecule has 1 saturated carbocycles. The number of nitriles is 1. The van der Waals surface area contributed by atoms with Crippen LogP contribution in [0.1, 0.15) is 93.9 Å². The Morgan fingerprint density at radius 3 is 2.10 bits per heavy atom. The van der Waals surface area contributed by atoms with Crippen LogP contribution in [-0.4, -0.2) is 106 Å². The van der Waals surface area contributed by atoms with E-state index >= 15 is 0 Å². The van der Waals surface area contributed by atoms with Crippen LogP contribution in [0.2, 0.25) is 5.02 Å². The molecule has 1 unspecified atom stereocenters. The zero-order valence-corrected chi connectivity index (χ0v) is 34.1. The molecular formula is C44H44ClN7O7. The highest BCUT2D eigenvalue weighted by Gasteiger charge is 2.67. The summed E-state index contributed by atoms with van der Waals surface area (Å²) in [6.07, 6.45) is -0.0502. The Morgan fingerprint density at radius 2 is 1.49 bits per heavy atom. The summed E-state index contributed by atoms with van der Waals surface area (Å²) in [7, 11) is 0. The number of fused-ring (bicyclic) bond motifs is 3. The third-order valence-electron chi connectivity index (χ3n) is 13.2. The number of piperidine rings is 1. The molecule has 5 aliphatic heterocycles. The average molecular weight is 818 g/mol. The van der Waals surface area contributed by atoms with Gasteiger partial charge in [0.1, 0.15) is 24.0 Å². The number of rotatable bonds is 7. The molecule has 14 nitrogen and oxygen atoms in total. The molecule has 6 aliphatic rings. The van der Waals surface area contributed by atoms with Crippen LogP contribution in [0.25, 0.3) is 0 Å². The number of nitrogens with zero attached hydrogens (tertiary/aromatic N) is 6. The molecule has 1 N–H and O–H groups in total. The first-order chi connectivity index (χ1) is 28.1. The lowest BCUT2D eigenvalue weighted by atomic mass is 9.49. The number of hydrogen-bond acceptors (Lipinski definition) is 10. The number of piperazine rings is 1. The lowest BCUT2D eigenvalue weighted by Crippen LogP contribution is -2.74. The SMILES string of the molecule is CC1(C)C(Oc2ccc(C#N)c(Cl)c2)C(C)(C)C1N1Cc2cc(N3CCN(CC(=O)N4Cc5cc6c(cc5C4)C(=O)N(C4CCC(=O)NC4=O)C6=O)CC3)ccc2C1=O. The number of carbonyl (C=O) groups excluding carboxylic acids is 6. The van der Waals surface area contributed by atoms with Crippen LogP contribution < -0.4 is 15.0 Å². The van der Waals surface area contributed by atoms with Crippen molar-refractivity contribution in [2.45, 2.75) is 78.4 Å². The third kappa shape index (κ3) is 6.25. The largest absolute Gasteiger partial charge is 0.489 e. The maximum atomic E-state index is 13.9. The summed E-state index contributed by atoms with van der Waals surface area (Å²) in [5.74, 6) is -1.62. The molecule has 6 amide bonds. The summed E-state index contributed by atoms with van der Waals surface area (Å²) in [5, 5.41) is 11.8. The van der Waals surface area contributed by atoms with Crippen molar-refractivity contribution in [3.63, 3.8) is 0 Å². The van der Waals surface area contributed by atoms with Gasteiger partial charge in [-0.25, -0.2) is 0 Å². The van der Waals surface area contributed by atoms with Crippen molar-refractivity contribution in [3.05, 3.63) is 92.5 Å². The van der Waals surface area contributed by atoms with Crippen molar-refractivity contribution >= 4 is 52.7 Å². The molecule has 15 heteroatoms. The molecular weight excluding hydrogens is 774 g/mol. The van der Waals surface area contributed by atoms with Crippen LogP contribution >= 0.6 is 11.6 Å². The number of hydrogen-bond donors (Lipinski definition) is 1. The second-order valence-electron chi connectivity index (χ2n) is 17.7. The summed E-state index contributed by atoms with van der Waals surface area (Å²) in [4.78, 5) is 87.3. The molecule has 1 aliphatic carbocycles. The van der Waals surface area contributed by atoms with Crippen LogP contribution in [0.3, 0.4) is 0 Å². The van der Waals surface area contributed by atoms with Crippen LogP contribution in [0.5, 0.6) is 5.75 Å². The minimum Gasteiger partial charge on any atom is -0.489 e. The van der Waals surface area contributed by atoms with Crippen molar-refractivity contribution < 1.29 is 33.5 Å². The van der Waals surface area contributed by atoms with E-state index in [2.05, 4.69) is 54.9 Å². The number of imide groups is 2. The van der Waals surface area contributed by atoms with Gasteiger partial charge >= 0.3 is 0 Å². The molecule has 304 valence electrons. The molecule has 0 bridgehead atoms. The Kier molecular flexibility index (Phi) is 9.13. The summed E-state index contributed by atoms with van der Waals surface area (Å²) in [6, 6.07) is 15.5. The van der Waals surface area contributed by atoms with Gasteiger partial charge in [0.2, 0.25) is 17.7 Å². The van der Waals surface area contributed by atoms with Crippen molar-refractivity contribution in [2.24, 2.45) is 10.8 Å². The average Bonchev–Trinajstić information content (AvgIpc) is 3.83. The summed E-state index contributed by atoms with van der Waals surface area (Å²) in [6.45, 7) is 12.7. The highest BCUT2D eigenvalue weighted by atomic mass is 35.5. The predicted molar refractivity (Wildman–Crippen MR) is 214 cm³/mol. The Labute approximate surface area is 346 Å². The van der Waals surface area contributed by atoms with Crippen molar-refractivity contribution in [3.8, 4) is 11.8 Å². The van der Waals surface area contributed by atoms with E-state index in [1.165, 1.54) is 0 Å². The van der Waals surface area contributed by atoms with E-state index in [1.807, 2.05) is 17.0 Å². The van der Waals surface area contributed by atoms with Crippen LogP contribution in [0, 0.1) is 22.2 Å². The maximum Gasteiger partial charge on any atom is 0.262 e. The number of nitrogens with one attached hydrogen (secondary N) is 1. The molecule has 9 rings (SSSR count). The molecule has 3 aromatic carbocycles. The van der Waals surface area contributed by atoms with Crippen molar-refractivity contribution in [2.75, 3.05) is 37.6 Å². The Morgan fingerprint density at radius 1 is 0.831 bits per heavy atom.